The molecule has 0 bridgehead atoms. The maximum absolute atomic E-state index is 12.9. The van der Waals surface area contributed by atoms with Gasteiger partial charge in [-0.1, -0.05) is 0 Å². The number of hydrogen-bond acceptors (Lipinski definition) is 4. The van der Waals surface area contributed by atoms with Gasteiger partial charge < -0.3 is 5.32 Å². The van der Waals surface area contributed by atoms with E-state index in [1.54, 1.807) is 11.8 Å². The fraction of sp³-hybridized carbons (Fsp3) is 0.429. The van der Waals surface area contributed by atoms with Crippen molar-refractivity contribution in [1.29, 1.82) is 0 Å². The van der Waals surface area contributed by atoms with Gasteiger partial charge in [0.2, 0.25) is 5.28 Å². The molecule has 0 fully saturated rings. The molecule has 13 heavy (non-hydrogen) atoms. The van der Waals surface area contributed by atoms with E-state index in [0.29, 0.717) is 6.54 Å². The second kappa shape index (κ2) is 5.24. The van der Waals surface area contributed by atoms with Crippen LogP contribution in [-0.2, 0) is 0 Å². The maximum atomic E-state index is 12.9. The first kappa shape index (κ1) is 10.5. The molecule has 0 aliphatic heterocycles. The Hall–Kier alpha value is -0.550. The lowest BCUT2D eigenvalue weighted by atomic mass is 10.5. The average molecular weight is 222 g/mol. The van der Waals surface area contributed by atoms with Crippen LogP contribution in [0.4, 0.5) is 10.2 Å². The summed E-state index contributed by atoms with van der Waals surface area (Å²) >= 11 is 7.17. The summed E-state index contributed by atoms with van der Waals surface area (Å²) in [5, 5.41) is 2.87. The molecule has 0 atom stereocenters. The van der Waals surface area contributed by atoms with Crippen LogP contribution in [0.3, 0.4) is 0 Å². The van der Waals surface area contributed by atoms with Crippen LogP contribution in [0.1, 0.15) is 0 Å². The highest BCUT2D eigenvalue weighted by atomic mass is 35.5. The van der Waals surface area contributed by atoms with Crippen molar-refractivity contribution in [3.05, 3.63) is 17.3 Å². The van der Waals surface area contributed by atoms with E-state index < -0.39 is 5.82 Å². The lowest BCUT2D eigenvalue weighted by molar-refractivity contribution is 0.617. The molecule has 0 amide bonds. The Morgan fingerprint density at radius 1 is 1.69 bits per heavy atom. The molecule has 1 aromatic heterocycles. The molecule has 0 radical (unpaired) electrons. The Balaban J connectivity index is 2.59. The van der Waals surface area contributed by atoms with Gasteiger partial charge >= 0.3 is 0 Å². The Morgan fingerprint density at radius 3 is 3.15 bits per heavy atom. The van der Waals surface area contributed by atoms with Crippen molar-refractivity contribution in [2.45, 2.75) is 0 Å². The van der Waals surface area contributed by atoms with Crippen LogP contribution < -0.4 is 5.32 Å². The van der Waals surface area contributed by atoms with Gasteiger partial charge in [-0.2, -0.15) is 16.7 Å². The molecule has 0 saturated heterocycles. The third-order valence-electron chi connectivity index (χ3n) is 1.31. The highest BCUT2D eigenvalue weighted by Crippen LogP contribution is 2.11. The summed E-state index contributed by atoms with van der Waals surface area (Å²) in [6.07, 6.45) is 3.03. The van der Waals surface area contributed by atoms with Crippen LogP contribution in [0.25, 0.3) is 0 Å². The summed E-state index contributed by atoms with van der Waals surface area (Å²) in [5.41, 5.74) is 0. The fourth-order valence-electron chi connectivity index (χ4n) is 0.741. The van der Waals surface area contributed by atoms with Crippen molar-refractivity contribution in [2.24, 2.45) is 0 Å². The van der Waals surface area contributed by atoms with E-state index in [2.05, 4.69) is 15.3 Å². The van der Waals surface area contributed by atoms with Crippen LogP contribution in [0.5, 0.6) is 0 Å². The molecule has 0 aromatic carbocycles. The molecule has 0 aliphatic carbocycles. The largest absolute Gasteiger partial charge is 0.367 e. The summed E-state index contributed by atoms with van der Waals surface area (Å²) in [7, 11) is 0. The van der Waals surface area contributed by atoms with Crippen molar-refractivity contribution >= 4 is 29.2 Å². The molecule has 1 rings (SSSR count). The van der Waals surface area contributed by atoms with Crippen molar-refractivity contribution in [3.63, 3.8) is 0 Å². The predicted molar refractivity (Wildman–Crippen MR) is 53.9 cm³/mol. The van der Waals surface area contributed by atoms with Crippen LogP contribution in [0.2, 0.25) is 5.28 Å². The van der Waals surface area contributed by atoms with Gasteiger partial charge in [-0.25, -0.2) is 9.37 Å². The van der Waals surface area contributed by atoms with Gasteiger partial charge in [0.1, 0.15) is 0 Å². The summed E-state index contributed by atoms with van der Waals surface area (Å²) < 4.78 is 12.9. The molecule has 0 spiro atoms. The molecule has 1 heterocycles. The monoisotopic (exact) mass is 221 g/mol. The SMILES string of the molecule is CSCCNc1nc(Cl)ncc1F. The topological polar surface area (TPSA) is 37.8 Å². The van der Waals surface area contributed by atoms with E-state index in [-0.39, 0.29) is 11.1 Å². The second-order valence-corrected chi connectivity index (χ2v) is 3.58. The summed E-state index contributed by atoms with van der Waals surface area (Å²) in [6.45, 7) is 0.658. The zero-order valence-corrected chi connectivity index (χ0v) is 8.62. The minimum absolute atomic E-state index is 0.0491. The Labute approximate surface area is 85.1 Å². The zero-order valence-electron chi connectivity index (χ0n) is 7.05. The van der Waals surface area contributed by atoms with Gasteiger partial charge in [0.15, 0.2) is 11.6 Å². The quantitative estimate of drug-likeness (QED) is 0.624. The van der Waals surface area contributed by atoms with Gasteiger partial charge in [-0.05, 0) is 17.9 Å². The van der Waals surface area contributed by atoms with Gasteiger partial charge in [0, 0.05) is 12.3 Å². The summed E-state index contributed by atoms with van der Waals surface area (Å²) in [6, 6.07) is 0. The Kier molecular flexibility index (Phi) is 4.24. The molecule has 6 heteroatoms. The molecule has 1 aromatic rings. The molecule has 1 N–H and O–H groups in total. The van der Waals surface area contributed by atoms with Crippen LogP contribution in [0, 0.1) is 5.82 Å². The fourth-order valence-corrected chi connectivity index (χ4v) is 1.18. The van der Waals surface area contributed by atoms with Crippen LogP contribution >= 0.6 is 23.4 Å². The first-order valence-corrected chi connectivity index (χ1v) is 5.42. The Bertz CT molecular complexity index is 284. The lowest BCUT2D eigenvalue weighted by Gasteiger charge is -2.04. The molecular formula is C7H9ClFN3S. The third kappa shape index (κ3) is 3.36. The van der Waals surface area contributed by atoms with E-state index in [1.165, 1.54) is 0 Å². The standard InChI is InChI=1S/C7H9ClFN3S/c1-13-3-2-10-6-5(9)4-11-7(8)12-6/h4H,2-3H2,1H3,(H,10,11,12). The summed E-state index contributed by atoms with van der Waals surface area (Å²) in [4.78, 5) is 7.21. The number of nitrogens with one attached hydrogen (secondary N) is 1. The number of aromatic nitrogens is 2. The third-order valence-corrected chi connectivity index (χ3v) is 2.11. The van der Waals surface area contributed by atoms with Crippen molar-refractivity contribution < 1.29 is 4.39 Å². The Morgan fingerprint density at radius 2 is 2.46 bits per heavy atom. The first-order chi connectivity index (χ1) is 6.24. The van der Waals surface area contributed by atoms with Gasteiger partial charge in [-0.15, -0.1) is 0 Å². The minimum Gasteiger partial charge on any atom is -0.367 e. The predicted octanol–water partition coefficient (Wildman–Crippen LogP) is 2.04. The lowest BCUT2D eigenvalue weighted by Crippen LogP contribution is -2.07. The second-order valence-electron chi connectivity index (χ2n) is 2.26. The normalized spacial score (nSPS) is 10.1. The van der Waals surface area contributed by atoms with E-state index >= 15 is 0 Å². The number of hydrogen-bond donors (Lipinski definition) is 1. The van der Waals surface area contributed by atoms with Crippen molar-refractivity contribution in [3.8, 4) is 0 Å². The minimum atomic E-state index is -0.481. The van der Waals surface area contributed by atoms with E-state index in [1.807, 2.05) is 6.26 Å². The molecule has 0 aliphatic rings. The first-order valence-electron chi connectivity index (χ1n) is 3.65. The summed E-state index contributed by atoms with van der Waals surface area (Å²) in [5.74, 6) is 0.570. The molecule has 0 unspecified atom stereocenters. The van der Waals surface area contributed by atoms with E-state index in [0.717, 1.165) is 11.9 Å². The number of anilines is 1. The number of rotatable bonds is 4. The number of halogens is 2. The van der Waals surface area contributed by atoms with E-state index in [9.17, 15) is 4.39 Å². The van der Waals surface area contributed by atoms with Gasteiger partial charge in [0.05, 0.1) is 6.20 Å². The van der Waals surface area contributed by atoms with Crippen molar-refractivity contribution in [1.82, 2.24) is 9.97 Å². The average Bonchev–Trinajstić information content (AvgIpc) is 2.11. The highest BCUT2D eigenvalue weighted by Gasteiger charge is 2.03. The highest BCUT2D eigenvalue weighted by molar-refractivity contribution is 7.98. The molecule has 72 valence electrons. The maximum Gasteiger partial charge on any atom is 0.224 e. The van der Waals surface area contributed by atoms with Crippen LogP contribution in [0.15, 0.2) is 6.20 Å². The molecular weight excluding hydrogens is 213 g/mol. The van der Waals surface area contributed by atoms with Crippen LogP contribution in [-0.4, -0.2) is 28.5 Å². The number of nitrogens with zero attached hydrogens (tertiary/aromatic N) is 2. The van der Waals surface area contributed by atoms with Crippen molar-refractivity contribution in [2.75, 3.05) is 23.9 Å². The smallest absolute Gasteiger partial charge is 0.224 e. The van der Waals surface area contributed by atoms with E-state index in [4.69, 9.17) is 11.6 Å². The van der Waals surface area contributed by atoms with Gasteiger partial charge in [-0.3, -0.25) is 0 Å². The zero-order chi connectivity index (χ0) is 9.68. The molecule has 3 nitrogen and oxygen atoms in total. The number of thioether (sulfide) groups is 1. The van der Waals surface area contributed by atoms with Gasteiger partial charge in [0.25, 0.3) is 0 Å². The molecule has 0 saturated carbocycles.